The molecule has 2 nitrogen and oxygen atoms in total. The second-order valence-electron chi connectivity index (χ2n) is 5.62. The molecule has 0 spiro atoms. The third kappa shape index (κ3) is 15.9. The Morgan fingerprint density at radius 3 is 1.55 bits per heavy atom. The summed E-state index contributed by atoms with van der Waals surface area (Å²) in [4.78, 5) is 10.8. The quantitative estimate of drug-likeness (QED) is 0.244. The van der Waals surface area contributed by atoms with Crippen LogP contribution in [0.15, 0.2) is 0 Å². The van der Waals surface area contributed by atoms with Gasteiger partial charge in [0.2, 0.25) is 0 Å². The van der Waals surface area contributed by atoms with E-state index in [0.29, 0.717) is 6.61 Å². The number of hydrogen-bond donors (Lipinski definition) is 1. The highest BCUT2D eigenvalue weighted by Crippen LogP contribution is 2.12. The molecule has 0 saturated carbocycles. The van der Waals surface area contributed by atoms with E-state index in [-0.39, 0.29) is 11.7 Å². The van der Waals surface area contributed by atoms with Crippen LogP contribution in [0.1, 0.15) is 90.4 Å². The van der Waals surface area contributed by atoms with Crippen molar-refractivity contribution in [3.63, 3.8) is 0 Å². The van der Waals surface area contributed by atoms with Crippen molar-refractivity contribution in [3.05, 3.63) is 0 Å². The average Bonchev–Trinajstić information content (AvgIpc) is 2.47. The third-order valence-corrected chi connectivity index (χ3v) is 3.90. The van der Waals surface area contributed by atoms with Crippen LogP contribution in [-0.4, -0.2) is 18.3 Å². The zero-order chi connectivity index (χ0) is 14.9. The summed E-state index contributed by atoms with van der Waals surface area (Å²) in [6.45, 7) is 2.83. The first kappa shape index (κ1) is 19.8. The molecule has 0 N–H and O–H groups in total. The predicted octanol–water partition coefficient (Wildman–Crippen LogP) is 5.55. The van der Waals surface area contributed by atoms with Crippen LogP contribution < -0.4 is 0 Å². The summed E-state index contributed by atoms with van der Waals surface area (Å²) in [5, 5.41) is 0. The van der Waals surface area contributed by atoms with E-state index >= 15 is 0 Å². The molecular weight excluding hydrogens is 268 g/mol. The molecule has 0 aliphatic rings. The van der Waals surface area contributed by atoms with E-state index in [1.54, 1.807) is 0 Å². The predicted molar refractivity (Wildman–Crippen MR) is 90.5 cm³/mol. The molecule has 0 bridgehead atoms. The number of carbonyl (C=O) groups is 1. The van der Waals surface area contributed by atoms with Gasteiger partial charge in [0.1, 0.15) is 0 Å². The van der Waals surface area contributed by atoms with Gasteiger partial charge < -0.3 is 4.74 Å². The van der Waals surface area contributed by atoms with Crippen molar-refractivity contribution >= 4 is 18.6 Å². The minimum absolute atomic E-state index is 0.193. The van der Waals surface area contributed by atoms with Crippen molar-refractivity contribution in [1.82, 2.24) is 0 Å². The second kappa shape index (κ2) is 16.9. The van der Waals surface area contributed by atoms with Gasteiger partial charge in [0.05, 0.1) is 12.4 Å². The fourth-order valence-electron chi connectivity index (χ4n) is 2.35. The molecule has 0 aliphatic heterocycles. The first-order chi connectivity index (χ1) is 9.81. The molecule has 0 saturated heterocycles. The molecule has 3 heteroatoms. The molecule has 0 amide bonds. The molecule has 0 aromatic carbocycles. The lowest BCUT2D eigenvalue weighted by Crippen LogP contribution is -2.06. The van der Waals surface area contributed by atoms with Crippen LogP contribution in [0.2, 0.25) is 0 Å². The lowest BCUT2D eigenvalue weighted by Gasteiger charge is -2.04. The number of rotatable bonds is 15. The first-order valence-electron chi connectivity index (χ1n) is 8.57. The summed E-state index contributed by atoms with van der Waals surface area (Å²) in [6.07, 6.45) is 17.4. The summed E-state index contributed by atoms with van der Waals surface area (Å²) in [6, 6.07) is 0. The van der Waals surface area contributed by atoms with Crippen LogP contribution in [0.3, 0.4) is 0 Å². The van der Waals surface area contributed by atoms with E-state index in [1.165, 1.54) is 77.0 Å². The maximum Gasteiger partial charge on any atom is 0.315 e. The van der Waals surface area contributed by atoms with Crippen molar-refractivity contribution in [2.75, 3.05) is 12.4 Å². The average molecular weight is 303 g/mol. The van der Waals surface area contributed by atoms with Gasteiger partial charge in [-0.2, -0.15) is 12.6 Å². The van der Waals surface area contributed by atoms with E-state index in [0.717, 1.165) is 6.42 Å². The molecule has 120 valence electrons. The summed E-state index contributed by atoms with van der Waals surface area (Å²) in [5.41, 5.74) is 0. The summed E-state index contributed by atoms with van der Waals surface area (Å²) in [7, 11) is 0. The van der Waals surface area contributed by atoms with Gasteiger partial charge in [-0.05, 0) is 6.42 Å². The molecule has 0 unspecified atom stereocenters. The van der Waals surface area contributed by atoms with Crippen LogP contribution in [0.25, 0.3) is 0 Å². The highest BCUT2D eigenvalue weighted by Gasteiger charge is 1.98. The molecule has 20 heavy (non-hydrogen) atoms. The smallest absolute Gasteiger partial charge is 0.315 e. The Morgan fingerprint density at radius 1 is 0.750 bits per heavy atom. The molecule has 0 atom stereocenters. The van der Waals surface area contributed by atoms with Crippen LogP contribution in [0.4, 0.5) is 0 Å². The number of unbranched alkanes of at least 4 members (excludes halogenated alkanes) is 12. The monoisotopic (exact) mass is 302 g/mol. The largest absolute Gasteiger partial charge is 0.465 e. The lowest BCUT2D eigenvalue weighted by atomic mass is 10.0. The van der Waals surface area contributed by atoms with Gasteiger partial charge in [-0.15, -0.1) is 0 Å². The van der Waals surface area contributed by atoms with E-state index in [4.69, 9.17) is 4.74 Å². The molecular formula is C17H34O2S. The zero-order valence-corrected chi connectivity index (χ0v) is 14.3. The van der Waals surface area contributed by atoms with Gasteiger partial charge >= 0.3 is 5.97 Å². The molecule has 0 aliphatic carbocycles. The van der Waals surface area contributed by atoms with Crippen molar-refractivity contribution < 1.29 is 9.53 Å². The van der Waals surface area contributed by atoms with Gasteiger partial charge in [0, 0.05) is 0 Å². The SMILES string of the molecule is CCCCCCCCCCCCCCCOC(=O)CS. The van der Waals surface area contributed by atoms with E-state index in [9.17, 15) is 4.79 Å². The van der Waals surface area contributed by atoms with Gasteiger partial charge in [0.15, 0.2) is 0 Å². The number of esters is 1. The highest BCUT2D eigenvalue weighted by atomic mass is 32.1. The molecule has 0 aromatic rings. The second-order valence-corrected chi connectivity index (χ2v) is 5.94. The zero-order valence-electron chi connectivity index (χ0n) is 13.4. The summed E-state index contributed by atoms with van der Waals surface area (Å²) >= 11 is 3.86. The Labute approximate surface area is 131 Å². The van der Waals surface area contributed by atoms with Crippen LogP contribution in [-0.2, 0) is 9.53 Å². The van der Waals surface area contributed by atoms with Crippen molar-refractivity contribution in [2.24, 2.45) is 0 Å². The van der Waals surface area contributed by atoms with Crippen LogP contribution >= 0.6 is 12.6 Å². The topological polar surface area (TPSA) is 26.3 Å². The highest BCUT2D eigenvalue weighted by molar-refractivity contribution is 7.81. The number of ether oxygens (including phenoxy) is 1. The standard InChI is InChI=1S/C17H34O2S/c1-2-3-4-5-6-7-8-9-10-11-12-13-14-15-19-17(18)16-20/h20H,2-16H2,1H3. The Bertz CT molecular complexity index is 207. The van der Waals surface area contributed by atoms with Gasteiger partial charge in [-0.3, -0.25) is 4.79 Å². The molecule has 0 radical (unpaired) electrons. The Kier molecular flexibility index (Phi) is 16.7. The van der Waals surface area contributed by atoms with Crippen molar-refractivity contribution in [2.45, 2.75) is 90.4 Å². The Morgan fingerprint density at radius 2 is 1.15 bits per heavy atom. The number of hydrogen-bond acceptors (Lipinski definition) is 3. The molecule has 0 rings (SSSR count). The van der Waals surface area contributed by atoms with Gasteiger partial charge in [-0.25, -0.2) is 0 Å². The Balaban J connectivity index is 2.97. The number of thiol groups is 1. The normalized spacial score (nSPS) is 10.7. The molecule has 0 aromatic heterocycles. The first-order valence-corrected chi connectivity index (χ1v) is 9.21. The van der Waals surface area contributed by atoms with E-state index < -0.39 is 0 Å². The molecule has 0 heterocycles. The van der Waals surface area contributed by atoms with Gasteiger partial charge in [0.25, 0.3) is 0 Å². The summed E-state index contributed by atoms with van der Waals surface area (Å²) < 4.78 is 4.98. The maximum atomic E-state index is 10.8. The number of carbonyl (C=O) groups excluding carboxylic acids is 1. The van der Waals surface area contributed by atoms with Gasteiger partial charge in [-0.1, -0.05) is 84.0 Å². The molecule has 0 fully saturated rings. The van der Waals surface area contributed by atoms with Crippen molar-refractivity contribution in [1.29, 1.82) is 0 Å². The van der Waals surface area contributed by atoms with E-state index in [1.807, 2.05) is 0 Å². The minimum atomic E-state index is -0.202. The van der Waals surface area contributed by atoms with E-state index in [2.05, 4.69) is 19.6 Å². The van der Waals surface area contributed by atoms with Crippen molar-refractivity contribution in [3.8, 4) is 0 Å². The lowest BCUT2D eigenvalue weighted by molar-refractivity contribution is -0.140. The Hall–Kier alpha value is -0.180. The fraction of sp³-hybridized carbons (Fsp3) is 0.941. The minimum Gasteiger partial charge on any atom is -0.465 e. The summed E-state index contributed by atoms with van der Waals surface area (Å²) in [5.74, 6) is -0.00870. The maximum absolute atomic E-state index is 10.8. The van der Waals surface area contributed by atoms with Crippen LogP contribution in [0, 0.1) is 0 Å². The van der Waals surface area contributed by atoms with Crippen LogP contribution in [0.5, 0.6) is 0 Å². The third-order valence-electron chi connectivity index (χ3n) is 3.64. The fourth-order valence-corrected chi connectivity index (χ4v) is 2.44.